The van der Waals surface area contributed by atoms with Crippen molar-refractivity contribution in [2.45, 2.75) is 0 Å². The Bertz CT molecular complexity index is 367. The molecule has 0 atom stereocenters. The summed E-state index contributed by atoms with van der Waals surface area (Å²) in [5, 5.41) is 25.8. The van der Waals surface area contributed by atoms with Crippen LogP contribution < -0.4 is 0 Å². The zero-order chi connectivity index (χ0) is 9.14. The first kappa shape index (κ1) is 8.01. The average Bonchev–Trinajstić information content (AvgIpc) is 2.04. The van der Waals surface area contributed by atoms with Gasteiger partial charge in [0.15, 0.2) is 10.5 Å². The smallest absolute Gasteiger partial charge is 0.399 e. The third kappa shape index (κ3) is 1.32. The predicted octanol–water partition coefficient (Wildman–Crippen LogP) is 1.57. The van der Waals surface area contributed by atoms with E-state index in [-0.39, 0.29) is 17.0 Å². The van der Waals surface area contributed by atoms with Crippen LogP contribution in [0.3, 0.4) is 0 Å². The average molecular weight is 165 g/mol. The maximum Gasteiger partial charge on any atom is 0.399 e. The highest BCUT2D eigenvalue weighted by Crippen LogP contribution is 2.23. The molecule has 0 aliphatic rings. The number of aromatic carboxylic acids is 1. The fourth-order valence-corrected chi connectivity index (χ4v) is 0.783. The number of aromatic hydroxyl groups is 1. The van der Waals surface area contributed by atoms with Gasteiger partial charge in [0.2, 0.25) is 5.39 Å². The van der Waals surface area contributed by atoms with E-state index in [0.29, 0.717) is 0 Å². The van der Waals surface area contributed by atoms with E-state index < -0.39 is 5.97 Å². The topological polar surface area (TPSA) is 85.7 Å². The maximum absolute atomic E-state index is 10.5. The standard InChI is InChI=1S/C7H4N2O3/c8-9-6-2-1-4(10)3-5(6)7(11)12/h1-3H,(H-,10,11,12)/p+1. The largest absolute Gasteiger partial charge is 0.508 e. The van der Waals surface area contributed by atoms with Crippen LogP contribution in [0.25, 0.3) is 4.98 Å². The van der Waals surface area contributed by atoms with Crippen molar-refractivity contribution in [3.63, 3.8) is 0 Å². The zero-order valence-corrected chi connectivity index (χ0v) is 5.93. The van der Waals surface area contributed by atoms with Gasteiger partial charge in [0.05, 0.1) is 0 Å². The number of phenols is 1. The van der Waals surface area contributed by atoms with Crippen LogP contribution in [0.5, 0.6) is 5.75 Å². The van der Waals surface area contributed by atoms with Gasteiger partial charge in [-0.1, -0.05) is 0 Å². The molecule has 0 saturated heterocycles. The van der Waals surface area contributed by atoms with Crippen molar-refractivity contribution in [2.24, 2.45) is 0 Å². The van der Waals surface area contributed by atoms with E-state index in [2.05, 4.69) is 4.98 Å². The molecule has 1 rings (SSSR count). The van der Waals surface area contributed by atoms with Crippen molar-refractivity contribution < 1.29 is 15.0 Å². The molecule has 0 radical (unpaired) electrons. The fraction of sp³-hybridized carbons (Fsp3) is 0. The van der Waals surface area contributed by atoms with Gasteiger partial charge in [-0.15, -0.1) is 0 Å². The van der Waals surface area contributed by atoms with Crippen molar-refractivity contribution in [3.8, 4) is 5.75 Å². The highest BCUT2D eigenvalue weighted by molar-refractivity contribution is 5.94. The van der Waals surface area contributed by atoms with Gasteiger partial charge >= 0.3 is 11.7 Å². The number of diazo groups is 1. The fourth-order valence-electron chi connectivity index (χ4n) is 0.783. The van der Waals surface area contributed by atoms with Gasteiger partial charge in [0, 0.05) is 12.1 Å². The molecule has 2 N–H and O–H groups in total. The van der Waals surface area contributed by atoms with Crippen LogP contribution >= 0.6 is 0 Å². The van der Waals surface area contributed by atoms with Gasteiger partial charge in [-0.25, -0.2) is 4.79 Å². The lowest BCUT2D eigenvalue weighted by molar-refractivity contribution is 0.0697. The summed E-state index contributed by atoms with van der Waals surface area (Å²) in [5.41, 5.74) is -0.321. The van der Waals surface area contributed by atoms with Crippen molar-refractivity contribution in [1.82, 2.24) is 0 Å². The minimum Gasteiger partial charge on any atom is -0.508 e. The van der Waals surface area contributed by atoms with Gasteiger partial charge in [0.1, 0.15) is 5.75 Å². The molecule has 1 aromatic carbocycles. The summed E-state index contributed by atoms with van der Waals surface area (Å²) in [6.45, 7) is 0. The van der Waals surface area contributed by atoms with E-state index in [1.807, 2.05) is 0 Å². The van der Waals surface area contributed by atoms with Crippen LogP contribution in [0.15, 0.2) is 18.2 Å². The Morgan fingerprint density at radius 2 is 2.17 bits per heavy atom. The lowest BCUT2D eigenvalue weighted by Crippen LogP contribution is -1.95. The van der Waals surface area contributed by atoms with Gasteiger partial charge < -0.3 is 10.2 Å². The summed E-state index contributed by atoms with van der Waals surface area (Å²) < 4.78 is 0. The Morgan fingerprint density at radius 3 is 2.67 bits per heavy atom. The molecule has 5 heteroatoms. The lowest BCUT2D eigenvalue weighted by atomic mass is 10.2. The second-order valence-corrected chi connectivity index (χ2v) is 2.11. The van der Waals surface area contributed by atoms with Gasteiger partial charge in [-0.05, 0) is 6.07 Å². The van der Waals surface area contributed by atoms with E-state index >= 15 is 0 Å². The molecule has 1 aromatic rings. The van der Waals surface area contributed by atoms with Crippen LogP contribution in [-0.4, -0.2) is 16.2 Å². The molecular weight excluding hydrogens is 160 g/mol. The number of hydrogen-bond acceptors (Lipinski definition) is 3. The molecule has 0 spiro atoms. The highest BCUT2D eigenvalue weighted by Gasteiger charge is 2.19. The van der Waals surface area contributed by atoms with Crippen molar-refractivity contribution in [3.05, 3.63) is 28.7 Å². The number of carbonyl (C=O) groups is 1. The van der Waals surface area contributed by atoms with Crippen LogP contribution in [0.1, 0.15) is 10.4 Å². The van der Waals surface area contributed by atoms with E-state index in [1.165, 1.54) is 12.1 Å². The highest BCUT2D eigenvalue weighted by atomic mass is 16.4. The van der Waals surface area contributed by atoms with E-state index in [9.17, 15) is 4.79 Å². The Kier molecular flexibility index (Phi) is 1.92. The van der Waals surface area contributed by atoms with Crippen LogP contribution in [0.2, 0.25) is 0 Å². The van der Waals surface area contributed by atoms with Gasteiger partial charge in [-0.2, -0.15) is 0 Å². The summed E-state index contributed by atoms with van der Waals surface area (Å²) in [6.07, 6.45) is 0. The Balaban J connectivity index is 3.34. The number of carboxylic acids is 1. The Labute approximate surface area is 67.5 Å². The number of benzene rings is 1. The second kappa shape index (κ2) is 2.88. The van der Waals surface area contributed by atoms with Gasteiger partial charge in [-0.3, -0.25) is 0 Å². The lowest BCUT2D eigenvalue weighted by Gasteiger charge is -1.90. The summed E-state index contributed by atoms with van der Waals surface area (Å²) >= 11 is 0. The third-order valence-corrected chi connectivity index (χ3v) is 1.32. The molecule has 12 heavy (non-hydrogen) atoms. The molecule has 0 fully saturated rings. The first-order valence-electron chi connectivity index (χ1n) is 3.06. The summed E-state index contributed by atoms with van der Waals surface area (Å²) in [6, 6.07) is 3.46. The van der Waals surface area contributed by atoms with E-state index in [1.54, 1.807) is 0 Å². The first-order valence-corrected chi connectivity index (χ1v) is 3.06. The summed E-state index contributed by atoms with van der Waals surface area (Å²) in [4.78, 5) is 13.2. The zero-order valence-electron chi connectivity index (χ0n) is 5.93. The molecule has 0 heterocycles. The van der Waals surface area contributed by atoms with Crippen LogP contribution in [0, 0.1) is 5.39 Å². The molecule has 60 valence electrons. The molecule has 0 aliphatic carbocycles. The third-order valence-electron chi connectivity index (χ3n) is 1.32. The first-order chi connectivity index (χ1) is 5.65. The van der Waals surface area contributed by atoms with Gasteiger partial charge in [0.25, 0.3) is 0 Å². The minimum atomic E-state index is -1.25. The normalized spacial score (nSPS) is 8.92. The molecule has 0 unspecified atom stereocenters. The second-order valence-electron chi connectivity index (χ2n) is 2.11. The predicted molar refractivity (Wildman–Crippen MR) is 39.8 cm³/mol. The van der Waals surface area contributed by atoms with E-state index in [0.717, 1.165) is 6.07 Å². The minimum absolute atomic E-state index is 0.0831. The summed E-state index contributed by atoms with van der Waals surface area (Å²) in [7, 11) is 0. The molecule has 0 aromatic heterocycles. The number of rotatable bonds is 1. The number of nitrogens with zero attached hydrogens (tertiary/aromatic N) is 2. The van der Waals surface area contributed by atoms with Crippen molar-refractivity contribution in [2.75, 3.05) is 0 Å². The van der Waals surface area contributed by atoms with Crippen LogP contribution in [-0.2, 0) is 0 Å². The molecule has 0 amide bonds. The number of hydrogen-bond donors (Lipinski definition) is 2. The molecule has 5 nitrogen and oxygen atoms in total. The SMILES string of the molecule is N#[N+]c1ccc(O)cc1C(=O)O. The van der Waals surface area contributed by atoms with Crippen molar-refractivity contribution >= 4 is 11.7 Å². The Morgan fingerprint density at radius 1 is 1.50 bits per heavy atom. The molecule has 0 bridgehead atoms. The molecule has 0 aliphatic heterocycles. The maximum atomic E-state index is 10.5. The summed E-state index contributed by atoms with van der Waals surface area (Å²) in [5.74, 6) is -1.43. The number of carboxylic acid groups (broad SMARTS) is 1. The Hall–Kier alpha value is -2.09. The molecule has 0 saturated carbocycles. The monoisotopic (exact) mass is 165 g/mol. The quantitative estimate of drug-likeness (QED) is 0.618. The number of phenolic OH excluding ortho intramolecular Hbond substituents is 1. The van der Waals surface area contributed by atoms with Crippen LogP contribution in [0.4, 0.5) is 5.69 Å². The molecular formula is C7H5N2O3+. The van der Waals surface area contributed by atoms with E-state index in [4.69, 9.17) is 15.6 Å². The van der Waals surface area contributed by atoms with Crippen molar-refractivity contribution in [1.29, 1.82) is 5.39 Å².